The second kappa shape index (κ2) is 7.20. The molecule has 0 aromatic carbocycles. The van der Waals surface area contributed by atoms with Crippen LogP contribution >= 0.6 is 7.60 Å². The highest BCUT2D eigenvalue weighted by Crippen LogP contribution is 2.34. The first-order valence-electron chi connectivity index (χ1n) is 3.36. The quantitative estimate of drug-likeness (QED) is 0.373. The normalized spacial score (nSPS) is 11.1. The van der Waals surface area contributed by atoms with E-state index in [4.69, 9.17) is 19.7 Å². The van der Waals surface area contributed by atoms with Crippen molar-refractivity contribution in [1.82, 2.24) is 0 Å². The van der Waals surface area contributed by atoms with Crippen LogP contribution in [0.5, 0.6) is 0 Å². The molecule has 0 heterocycles. The molecule has 0 aliphatic heterocycles. The number of alkyl halides is 3. The Labute approximate surface area is 87.0 Å². The van der Waals surface area contributed by atoms with Gasteiger partial charge in [0.15, 0.2) is 6.61 Å². The zero-order valence-corrected chi connectivity index (χ0v) is 8.44. The first-order chi connectivity index (χ1) is 7.02. The largest absolute Gasteiger partial charge is 0.483 e. The summed E-state index contributed by atoms with van der Waals surface area (Å²) in [4.78, 5) is 34.9. The molecule has 0 saturated carbocycles. The summed E-state index contributed by atoms with van der Waals surface area (Å²) in [5, 5.41) is 6.89. The predicted octanol–water partition coefficient (Wildman–Crippen LogP) is -0.0296. The Kier molecular flexibility index (Phi) is 7.78. The lowest BCUT2D eigenvalue weighted by Crippen LogP contribution is -2.21. The van der Waals surface area contributed by atoms with Crippen molar-refractivity contribution in [1.29, 1.82) is 0 Å². The standard InChI is InChI=1S/C4H6F3O5P.CH2O2/c5-4(6,7)2-12-3(8)1-13(9,10)11;2-1-3/h1-2H2,(H2,9,10,11);1H,(H,2,3). The van der Waals surface area contributed by atoms with Crippen molar-refractivity contribution in [2.75, 3.05) is 12.8 Å². The lowest BCUT2D eigenvalue weighted by Gasteiger charge is -2.07. The van der Waals surface area contributed by atoms with Crippen molar-refractivity contribution >= 4 is 20.0 Å². The first kappa shape index (κ1) is 17.3. The number of halogens is 3. The maximum Gasteiger partial charge on any atom is 0.422 e. The minimum atomic E-state index is -4.69. The van der Waals surface area contributed by atoms with E-state index in [-0.39, 0.29) is 6.47 Å². The van der Waals surface area contributed by atoms with Gasteiger partial charge in [-0.05, 0) is 0 Å². The van der Waals surface area contributed by atoms with Crippen molar-refractivity contribution in [3.8, 4) is 0 Å². The van der Waals surface area contributed by atoms with Crippen LogP contribution in [-0.2, 0) is 18.9 Å². The van der Waals surface area contributed by atoms with E-state index in [1.807, 2.05) is 0 Å². The molecular formula is C5H8F3O7P. The summed E-state index contributed by atoms with van der Waals surface area (Å²) in [6.45, 7) is -2.09. The fourth-order valence-corrected chi connectivity index (χ4v) is 0.804. The Hall–Kier alpha value is -1.12. The van der Waals surface area contributed by atoms with Gasteiger partial charge in [-0.1, -0.05) is 0 Å². The fourth-order valence-electron chi connectivity index (χ4n) is 0.376. The topological polar surface area (TPSA) is 121 Å². The summed E-state index contributed by atoms with van der Waals surface area (Å²) >= 11 is 0. The van der Waals surface area contributed by atoms with Gasteiger partial charge in [-0.2, -0.15) is 13.2 Å². The summed E-state index contributed by atoms with van der Waals surface area (Å²) < 4.78 is 47.7. The van der Waals surface area contributed by atoms with E-state index in [9.17, 15) is 22.5 Å². The molecule has 0 rings (SSSR count). The van der Waals surface area contributed by atoms with Crippen LogP contribution in [0.25, 0.3) is 0 Å². The zero-order valence-electron chi connectivity index (χ0n) is 7.55. The molecule has 11 heteroatoms. The third-order valence-electron chi connectivity index (χ3n) is 0.732. The van der Waals surface area contributed by atoms with Crippen molar-refractivity contribution in [2.45, 2.75) is 6.18 Å². The Bertz CT molecular complexity index is 270. The van der Waals surface area contributed by atoms with E-state index in [1.165, 1.54) is 0 Å². The van der Waals surface area contributed by atoms with Gasteiger partial charge < -0.3 is 19.6 Å². The first-order valence-corrected chi connectivity index (χ1v) is 5.16. The van der Waals surface area contributed by atoms with E-state index in [1.54, 1.807) is 0 Å². The average molecular weight is 268 g/mol. The van der Waals surface area contributed by atoms with Crippen LogP contribution in [0.2, 0.25) is 0 Å². The third kappa shape index (κ3) is 18.6. The molecule has 0 spiro atoms. The molecule has 0 radical (unpaired) electrons. The summed E-state index contributed by atoms with van der Waals surface area (Å²) in [6.07, 6.45) is -6.03. The summed E-state index contributed by atoms with van der Waals surface area (Å²) in [7, 11) is -4.65. The Morgan fingerprint density at radius 2 is 1.75 bits per heavy atom. The number of carboxylic acid groups (broad SMARTS) is 1. The molecule has 0 atom stereocenters. The van der Waals surface area contributed by atoms with E-state index < -0.39 is 32.5 Å². The molecule has 96 valence electrons. The monoisotopic (exact) mass is 268 g/mol. The van der Waals surface area contributed by atoms with Gasteiger partial charge in [-0.15, -0.1) is 0 Å². The number of esters is 1. The van der Waals surface area contributed by atoms with Crippen molar-refractivity contribution < 1.29 is 47.0 Å². The van der Waals surface area contributed by atoms with Crippen LogP contribution in [0.15, 0.2) is 0 Å². The molecule has 7 nitrogen and oxygen atoms in total. The third-order valence-corrected chi connectivity index (χ3v) is 1.40. The van der Waals surface area contributed by atoms with Gasteiger partial charge in [0.05, 0.1) is 0 Å². The molecule has 0 aliphatic rings. The van der Waals surface area contributed by atoms with Gasteiger partial charge in [-0.25, -0.2) is 0 Å². The van der Waals surface area contributed by atoms with Crippen LogP contribution < -0.4 is 0 Å². The van der Waals surface area contributed by atoms with E-state index >= 15 is 0 Å². The Morgan fingerprint density at radius 1 is 1.38 bits per heavy atom. The number of carbonyl (C=O) groups excluding carboxylic acids is 1. The molecule has 3 N–H and O–H groups in total. The number of ether oxygens (including phenoxy) is 1. The van der Waals surface area contributed by atoms with Crippen molar-refractivity contribution in [3.63, 3.8) is 0 Å². The number of rotatable bonds is 3. The van der Waals surface area contributed by atoms with E-state index in [0.717, 1.165) is 0 Å². The minimum Gasteiger partial charge on any atom is -0.483 e. The van der Waals surface area contributed by atoms with E-state index in [0.29, 0.717) is 0 Å². The fraction of sp³-hybridized carbons (Fsp3) is 0.600. The maximum atomic E-state index is 11.4. The van der Waals surface area contributed by atoms with Crippen LogP contribution in [0, 0.1) is 0 Å². The van der Waals surface area contributed by atoms with Gasteiger partial charge in [0.1, 0.15) is 6.16 Å². The molecule has 0 aromatic rings. The Balaban J connectivity index is 0. The number of hydrogen-bond donors (Lipinski definition) is 3. The van der Waals surface area contributed by atoms with Crippen LogP contribution in [0.3, 0.4) is 0 Å². The van der Waals surface area contributed by atoms with Gasteiger partial charge in [0.25, 0.3) is 6.47 Å². The van der Waals surface area contributed by atoms with E-state index in [2.05, 4.69) is 4.74 Å². The van der Waals surface area contributed by atoms with Gasteiger partial charge >= 0.3 is 19.7 Å². The Morgan fingerprint density at radius 3 is 2.00 bits per heavy atom. The number of carbonyl (C=O) groups is 2. The van der Waals surface area contributed by atoms with Crippen LogP contribution in [-0.4, -0.2) is 46.3 Å². The summed E-state index contributed by atoms with van der Waals surface area (Å²) in [5.41, 5.74) is 0. The second-order valence-electron chi connectivity index (χ2n) is 2.20. The smallest absolute Gasteiger partial charge is 0.422 e. The molecule has 0 bridgehead atoms. The highest BCUT2D eigenvalue weighted by atomic mass is 31.2. The zero-order chi connectivity index (χ0) is 13.4. The molecular weight excluding hydrogens is 260 g/mol. The average Bonchev–Trinajstić information content (AvgIpc) is 1.98. The van der Waals surface area contributed by atoms with Gasteiger partial charge in [0, 0.05) is 0 Å². The summed E-state index contributed by atoms with van der Waals surface area (Å²) in [6, 6.07) is 0. The molecule has 0 amide bonds. The summed E-state index contributed by atoms with van der Waals surface area (Å²) in [5.74, 6) is -1.58. The molecule has 0 fully saturated rings. The predicted molar refractivity (Wildman–Crippen MR) is 42.6 cm³/mol. The van der Waals surface area contributed by atoms with Gasteiger partial charge in [-0.3, -0.25) is 14.2 Å². The second-order valence-corrected chi connectivity index (χ2v) is 3.85. The van der Waals surface area contributed by atoms with Crippen LogP contribution in [0.1, 0.15) is 0 Å². The van der Waals surface area contributed by atoms with Crippen molar-refractivity contribution in [2.24, 2.45) is 0 Å². The lowest BCUT2D eigenvalue weighted by molar-refractivity contribution is -0.184. The molecule has 0 unspecified atom stereocenters. The maximum absolute atomic E-state index is 11.4. The molecule has 0 saturated heterocycles. The highest BCUT2D eigenvalue weighted by Gasteiger charge is 2.31. The molecule has 16 heavy (non-hydrogen) atoms. The molecule has 0 aromatic heterocycles. The van der Waals surface area contributed by atoms with Gasteiger partial charge in [0.2, 0.25) is 0 Å². The highest BCUT2D eigenvalue weighted by molar-refractivity contribution is 7.52. The molecule has 0 aliphatic carbocycles. The number of hydrogen-bond acceptors (Lipinski definition) is 4. The SMILES string of the molecule is O=C(CP(=O)(O)O)OCC(F)(F)F.O=CO. The lowest BCUT2D eigenvalue weighted by atomic mass is 10.7. The van der Waals surface area contributed by atoms with Crippen LogP contribution in [0.4, 0.5) is 13.2 Å². The van der Waals surface area contributed by atoms with Crippen molar-refractivity contribution in [3.05, 3.63) is 0 Å². The minimum absolute atomic E-state index is 0.250.